The normalized spacial score (nSPS) is 16.5. The third-order valence-electron chi connectivity index (χ3n) is 4.40. The Kier molecular flexibility index (Phi) is 3.58. The number of nitrogens with one attached hydrogen (secondary N) is 1. The van der Waals surface area contributed by atoms with Crippen LogP contribution in [0.15, 0.2) is 72.3 Å². The molecule has 0 saturated heterocycles. The highest BCUT2D eigenvalue weighted by Crippen LogP contribution is 2.39. The highest BCUT2D eigenvalue weighted by Gasteiger charge is 2.37. The Morgan fingerprint density at radius 1 is 0.682 bits per heavy atom. The third-order valence-corrected chi connectivity index (χ3v) is 4.40. The van der Waals surface area contributed by atoms with Crippen molar-refractivity contribution in [1.29, 1.82) is 5.41 Å². The molecule has 0 saturated carbocycles. The van der Waals surface area contributed by atoms with Gasteiger partial charge in [0.2, 0.25) is 0 Å². The van der Waals surface area contributed by atoms with Gasteiger partial charge in [-0.15, -0.1) is 0 Å². The van der Waals surface area contributed by atoms with E-state index in [1.54, 1.807) is 0 Å². The van der Waals surface area contributed by atoms with Crippen LogP contribution in [0.5, 0.6) is 0 Å². The molecule has 1 N–H and O–H groups in total. The van der Waals surface area contributed by atoms with Crippen molar-refractivity contribution in [2.24, 2.45) is 0 Å². The van der Waals surface area contributed by atoms with Crippen LogP contribution in [0.3, 0.4) is 0 Å². The van der Waals surface area contributed by atoms with E-state index < -0.39 is 5.41 Å². The minimum atomic E-state index is -0.486. The fraction of sp³-hybridized carbons (Fsp3) is 0.190. The van der Waals surface area contributed by atoms with E-state index >= 15 is 0 Å². The molecule has 1 nitrogen and oxygen atoms in total. The summed E-state index contributed by atoms with van der Waals surface area (Å²) in [6.45, 7) is 6.28. The van der Waals surface area contributed by atoms with Crippen molar-refractivity contribution >= 4 is 5.71 Å². The Morgan fingerprint density at radius 2 is 1.14 bits per heavy atom. The van der Waals surface area contributed by atoms with Gasteiger partial charge in [0.1, 0.15) is 0 Å². The number of hydrogen-bond donors (Lipinski definition) is 1. The number of benzene rings is 2. The third kappa shape index (κ3) is 2.33. The molecular formula is C21H21N. The highest BCUT2D eigenvalue weighted by atomic mass is 14.5. The molecule has 1 heteroatoms. The average molecular weight is 287 g/mol. The molecule has 2 aromatic rings. The van der Waals surface area contributed by atoms with Gasteiger partial charge in [-0.3, -0.25) is 0 Å². The van der Waals surface area contributed by atoms with Crippen LogP contribution in [-0.2, 0) is 5.41 Å². The Hall–Kier alpha value is -2.41. The maximum Gasteiger partial charge on any atom is 0.0803 e. The molecule has 0 atom stereocenters. The first kappa shape index (κ1) is 14.5. The monoisotopic (exact) mass is 287 g/mol. The summed E-state index contributed by atoms with van der Waals surface area (Å²) >= 11 is 0. The Balaban J connectivity index is 2.27. The molecule has 0 radical (unpaired) electrons. The van der Waals surface area contributed by atoms with Gasteiger partial charge in [-0.1, -0.05) is 77.4 Å². The molecule has 2 aromatic carbocycles. The molecule has 0 unspecified atom stereocenters. The summed E-state index contributed by atoms with van der Waals surface area (Å²) in [5.41, 5.74) is 6.09. The highest BCUT2D eigenvalue weighted by molar-refractivity contribution is 6.07. The van der Waals surface area contributed by atoms with Gasteiger partial charge in [-0.25, -0.2) is 0 Å². The second-order valence-electron chi connectivity index (χ2n) is 6.18. The number of allylic oxidation sites excluding steroid dienone is 4. The van der Waals surface area contributed by atoms with Crippen molar-refractivity contribution in [3.8, 4) is 0 Å². The molecule has 1 aliphatic carbocycles. The van der Waals surface area contributed by atoms with E-state index in [2.05, 4.69) is 75.4 Å². The molecule has 0 aliphatic heterocycles. The summed E-state index contributed by atoms with van der Waals surface area (Å²) in [5.74, 6) is 0. The second kappa shape index (κ2) is 5.42. The smallest absolute Gasteiger partial charge is 0.0803 e. The van der Waals surface area contributed by atoms with Crippen LogP contribution in [0.25, 0.3) is 0 Å². The van der Waals surface area contributed by atoms with E-state index in [4.69, 9.17) is 5.41 Å². The number of aryl methyl sites for hydroxylation is 2. The van der Waals surface area contributed by atoms with E-state index in [0.717, 1.165) is 11.1 Å². The van der Waals surface area contributed by atoms with Crippen molar-refractivity contribution in [2.45, 2.75) is 26.2 Å². The van der Waals surface area contributed by atoms with Crippen molar-refractivity contribution in [1.82, 2.24) is 0 Å². The molecule has 0 spiro atoms. The van der Waals surface area contributed by atoms with Gasteiger partial charge in [0.25, 0.3) is 0 Å². The van der Waals surface area contributed by atoms with Crippen LogP contribution in [0.1, 0.15) is 29.2 Å². The fourth-order valence-electron chi connectivity index (χ4n) is 3.09. The summed E-state index contributed by atoms with van der Waals surface area (Å²) in [7, 11) is 0. The average Bonchev–Trinajstić information content (AvgIpc) is 2.51. The SMILES string of the molecule is CC1=CC(c2ccc(C)cc2)(c2ccc(C)cc2)C(=N)C=C1. The summed E-state index contributed by atoms with van der Waals surface area (Å²) in [4.78, 5) is 0. The zero-order valence-corrected chi connectivity index (χ0v) is 13.4. The Morgan fingerprint density at radius 3 is 1.59 bits per heavy atom. The molecule has 0 fully saturated rings. The van der Waals surface area contributed by atoms with E-state index in [0.29, 0.717) is 5.71 Å². The lowest BCUT2D eigenvalue weighted by atomic mass is 9.68. The fourth-order valence-corrected chi connectivity index (χ4v) is 3.09. The van der Waals surface area contributed by atoms with Crippen molar-refractivity contribution in [2.75, 3.05) is 0 Å². The van der Waals surface area contributed by atoms with Gasteiger partial charge in [-0.05, 0) is 38.0 Å². The van der Waals surface area contributed by atoms with Crippen molar-refractivity contribution in [3.63, 3.8) is 0 Å². The molecule has 1 aliphatic rings. The van der Waals surface area contributed by atoms with Crippen LogP contribution in [-0.4, -0.2) is 5.71 Å². The summed E-state index contributed by atoms with van der Waals surface area (Å²) < 4.78 is 0. The van der Waals surface area contributed by atoms with Crippen LogP contribution in [0, 0.1) is 19.3 Å². The quantitative estimate of drug-likeness (QED) is 0.792. The Bertz CT molecular complexity index is 713. The lowest BCUT2D eigenvalue weighted by Crippen LogP contribution is -2.35. The second-order valence-corrected chi connectivity index (χ2v) is 6.18. The maximum atomic E-state index is 8.63. The topological polar surface area (TPSA) is 23.9 Å². The molecule has 0 amide bonds. The molecule has 0 aromatic heterocycles. The zero-order valence-electron chi connectivity index (χ0n) is 13.4. The van der Waals surface area contributed by atoms with Crippen molar-refractivity contribution < 1.29 is 0 Å². The molecule has 110 valence electrons. The van der Waals surface area contributed by atoms with Crippen LogP contribution < -0.4 is 0 Å². The predicted molar refractivity (Wildman–Crippen MR) is 93.8 cm³/mol. The van der Waals surface area contributed by atoms with Crippen LogP contribution in [0.4, 0.5) is 0 Å². The summed E-state index contributed by atoms with van der Waals surface area (Å²) in [6.07, 6.45) is 6.16. The van der Waals surface area contributed by atoms with Gasteiger partial charge >= 0.3 is 0 Å². The Labute approximate surface area is 132 Å². The zero-order chi connectivity index (χ0) is 15.7. The maximum absolute atomic E-state index is 8.63. The van der Waals surface area contributed by atoms with E-state index in [9.17, 15) is 0 Å². The molecule has 3 rings (SSSR count). The van der Waals surface area contributed by atoms with Gasteiger partial charge in [0, 0.05) is 0 Å². The first-order valence-electron chi connectivity index (χ1n) is 7.63. The first-order valence-corrected chi connectivity index (χ1v) is 7.63. The molecular weight excluding hydrogens is 266 g/mol. The minimum absolute atomic E-state index is 0.486. The van der Waals surface area contributed by atoms with Gasteiger partial charge in [0.05, 0.1) is 11.1 Å². The standard InChI is InChI=1S/C21H21N/c1-15-4-9-18(10-5-15)21(14-17(3)8-13-20(21)22)19-11-6-16(2)7-12-19/h4-14,22H,1-3H3. The van der Waals surface area contributed by atoms with Gasteiger partial charge < -0.3 is 5.41 Å². The lowest BCUT2D eigenvalue weighted by molar-refractivity contribution is 0.849. The molecule has 22 heavy (non-hydrogen) atoms. The van der Waals surface area contributed by atoms with Gasteiger partial charge in [-0.2, -0.15) is 0 Å². The molecule has 0 heterocycles. The van der Waals surface area contributed by atoms with Gasteiger partial charge in [0.15, 0.2) is 0 Å². The number of hydrogen-bond acceptors (Lipinski definition) is 1. The summed E-state index contributed by atoms with van der Waals surface area (Å²) in [6, 6.07) is 17.1. The van der Waals surface area contributed by atoms with Crippen LogP contribution >= 0.6 is 0 Å². The number of rotatable bonds is 2. The largest absolute Gasteiger partial charge is 0.304 e. The predicted octanol–water partition coefficient (Wildman–Crippen LogP) is 5.13. The van der Waals surface area contributed by atoms with Crippen molar-refractivity contribution in [3.05, 3.63) is 94.6 Å². The van der Waals surface area contributed by atoms with E-state index in [1.807, 2.05) is 12.2 Å². The minimum Gasteiger partial charge on any atom is -0.304 e. The van der Waals surface area contributed by atoms with Crippen LogP contribution in [0.2, 0.25) is 0 Å². The lowest BCUT2D eigenvalue weighted by Gasteiger charge is -2.34. The summed E-state index contributed by atoms with van der Waals surface area (Å²) in [5, 5.41) is 8.63. The molecule has 0 bridgehead atoms. The van der Waals surface area contributed by atoms with E-state index in [1.165, 1.54) is 16.7 Å². The first-order chi connectivity index (χ1) is 10.5. The van der Waals surface area contributed by atoms with E-state index in [-0.39, 0.29) is 0 Å².